The van der Waals surface area contributed by atoms with Gasteiger partial charge in [-0.2, -0.15) is 0 Å². The van der Waals surface area contributed by atoms with Crippen molar-refractivity contribution in [3.63, 3.8) is 0 Å². The number of hydrogen-bond acceptors (Lipinski definition) is 5. The molecule has 1 saturated carbocycles. The van der Waals surface area contributed by atoms with Gasteiger partial charge in [0.05, 0.1) is 10.9 Å². The molecule has 1 aromatic heterocycles. The number of hydrogen-bond donors (Lipinski definition) is 0. The zero-order chi connectivity index (χ0) is 22.3. The average molecular weight is 440 g/mol. The Morgan fingerprint density at radius 3 is 2.50 bits per heavy atom. The second-order valence-electron chi connectivity index (χ2n) is 10.5. The molecular weight excluding hydrogens is 402 g/mol. The van der Waals surface area contributed by atoms with E-state index >= 15 is 0 Å². The summed E-state index contributed by atoms with van der Waals surface area (Å²) in [6, 6.07) is 6.66. The van der Waals surface area contributed by atoms with Gasteiger partial charge in [-0.3, -0.25) is 14.4 Å². The molecule has 0 unspecified atom stereocenters. The van der Waals surface area contributed by atoms with Gasteiger partial charge < -0.3 is 14.5 Å². The molecule has 0 bridgehead atoms. The highest BCUT2D eigenvalue weighted by atomic mass is 16.5. The van der Waals surface area contributed by atoms with Crippen LogP contribution in [0.3, 0.4) is 0 Å². The molecule has 1 aliphatic carbocycles. The maximum Gasteiger partial charge on any atom is 0.266 e. The minimum atomic E-state index is -0.952. The Morgan fingerprint density at radius 2 is 1.81 bits per heavy atom. The van der Waals surface area contributed by atoms with E-state index in [0.29, 0.717) is 5.88 Å². The standard InChI is InChI=1S/C25H37N5O2/c1-25(2,24(31)29-14-12-27(3)13-15-29)32-23-21-16-20(17-28-10-4-5-11-28)8-9-22(21)30(26-23)18-19-6-7-19/h8-9,16,19H,4-7,10-15,17-18H2,1-3H3. The largest absolute Gasteiger partial charge is 0.460 e. The van der Waals surface area contributed by atoms with Gasteiger partial charge in [0.2, 0.25) is 5.88 Å². The van der Waals surface area contributed by atoms with Crippen molar-refractivity contribution in [1.29, 1.82) is 0 Å². The molecule has 2 aliphatic heterocycles. The molecule has 1 aromatic carbocycles. The lowest BCUT2D eigenvalue weighted by Crippen LogP contribution is -2.55. The fourth-order valence-corrected chi connectivity index (χ4v) is 4.93. The van der Waals surface area contributed by atoms with E-state index in [9.17, 15) is 4.79 Å². The minimum Gasteiger partial charge on any atom is -0.460 e. The van der Waals surface area contributed by atoms with Crippen molar-refractivity contribution in [2.45, 2.75) is 58.2 Å². The Hall–Kier alpha value is -2.12. The number of ether oxygens (including phenoxy) is 1. The van der Waals surface area contributed by atoms with Crippen LogP contribution in [0.1, 0.15) is 45.1 Å². The van der Waals surface area contributed by atoms with Gasteiger partial charge in [-0.15, -0.1) is 5.10 Å². The van der Waals surface area contributed by atoms with E-state index in [1.54, 1.807) is 0 Å². The summed E-state index contributed by atoms with van der Waals surface area (Å²) in [5, 5.41) is 5.90. The van der Waals surface area contributed by atoms with E-state index in [1.807, 2.05) is 18.7 Å². The summed E-state index contributed by atoms with van der Waals surface area (Å²) in [5.74, 6) is 1.36. The molecule has 32 heavy (non-hydrogen) atoms. The van der Waals surface area contributed by atoms with E-state index in [0.717, 1.165) is 56.1 Å². The fourth-order valence-electron chi connectivity index (χ4n) is 4.93. The minimum absolute atomic E-state index is 0.0451. The van der Waals surface area contributed by atoms with Gasteiger partial charge in [0, 0.05) is 39.3 Å². The number of aromatic nitrogens is 2. The molecule has 0 N–H and O–H groups in total. The molecule has 0 radical (unpaired) electrons. The molecule has 7 heteroatoms. The number of piperazine rings is 1. The van der Waals surface area contributed by atoms with E-state index in [-0.39, 0.29) is 5.91 Å². The lowest BCUT2D eigenvalue weighted by Gasteiger charge is -2.37. The maximum atomic E-state index is 13.3. The normalized spacial score (nSPS) is 20.9. The van der Waals surface area contributed by atoms with Gasteiger partial charge in [0.1, 0.15) is 0 Å². The predicted molar refractivity (Wildman–Crippen MR) is 126 cm³/mol. The first-order valence-electron chi connectivity index (χ1n) is 12.3. The molecule has 7 nitrogen and oxygen atoms in total. The number of likely N-dealkylation sites (N-methyl/N-ethyl adjacent to an activating group) is 1. The molecule has 5 rings (SSSR count). The maximum absolute atomic E-state index is 13.3. The van der Waals surface area contributed by atoms with Crippen molar-refractivity contribution in [1.82, 2.24) is 24.5 Å². The van der Waals surface area contributed by atoms with Crippen molar-refractivity contribution in [3.05, 3.63) is 23.8 Å². The number of fused-ring (bicyclic) bond motifs is 1. The van der Waals surface area contributed by atoms with Gasteiger partial charge in [-0.1, -0.05) is 6.07 Å². The third-order valence-corrected chi connectivity index (χ3v) is 7.17. The van der Waals surface area contributed by atoms with Gasteiger partial charge in [0.15, 0.2) is 5.60 Å². The van der Waals surface area contributed by atoms with Crippen LogP contribution in [0, 0.1) is 5.92 Å². The lowest BCUT2D eigenvalue weighted by atomic mass is 10.1. The molecule has 1 amide bonds. The predicted octanol–water partition coefficient (Wildman–Crippen LogP) is 2.97. The molecule has 3 heterocycles. The number of carbonyl (C=O) groups excluding carboxylic acids is 1. The third kappa shape index (κ3) is 4.64. The molecule has 2 saturated heterocycles. The smallest absolute Gasteiger partial charge is 0.266 e. The quantitative estimate of drug-likeness (QED) is 0.664. The van der Waals surface area contributed by atoms with Gasteiger partial charge in [0.25, 0.3) is 5.91 Å². The zero-order valence-corrected chi connectivity index (χ0v) is 19.8. The summed E-state index contributed by atoms with van der Waals surface area (Å²) in [6.45, 7) is 11.3. The van der Waals surface area contributed by atoms with Crippen LogP contribution < -0.4 is 4.74 Å². The summed E-state index contributed by atoms with van der Waals surface area (Å²) in [7, 11) is 2.10. The number of nitrogens with zero attached hydrogens (tertiary/aromatic N) is 5. The number of benzene rings is 1. The first-order valence-corrected chi connectivity index (χ1v) is 12.3. The Morgan fingerprint density at radius 1 is 1.09 bits per heavy atom. The summed E-state index contributed by atoms with van der Waals surface area (Å²) in [5.41, 5.74) is 1.45. The second kappa shape index (κ2) is 8.67. The Bertz CT molecular complexity index is 966. The van der Waals surface area contributed by atoms with Gasteiger partial charge in [-0.25, -0.2) is 0 Å². The van der Waals surface area contributed by atoms with Crippen LogP contribution in [-0.4, -0.2) is 82.3 Å². The van der Waals surface area contributed by atoms with E-state index < -0.39 is 5.60 Å². The van der Waals surface area contributed by atoms with Crippen LogP contribution in [0.5, 0.6) is 5.88 Å². The molecular formula is C25H37N5O2. The Balaban J connectivity index is 1.40. The van der Waals surface area contributed by atoms with E-state index in [2.05, 4.69) is 39.7 Å². The molecule has 3 aliphatic rings. The molecule has 174 valence electrons. The van der Waals surface area contributed by atoms with E-state index in [4.69, 9.17) is 9.84 Å². The van der Waals surface area contributed by atoms with Crippen molar-refractivity contribution in [2.75, 3.05) is 46.3 Å². The average Bonchev–Trinajstić information content (AvgIpc) is 3.33. The van der Waals surface area contributed by atoms with Crippen LogP contribution in [-0.2, 0) is 17.9 Å². The SMILES string of the molecule is CN1CCN(C(=O)C(C)(C)Oc2nn(CC3CC3)c3ccc(CN4CCCC4)cc23)CC1. The van der Waals surface area contributed by atoms with Crippen LogP contribution in [0.2, 0.25) is 0 Å². The molecule has 0 atom stereocenters. The highest BCUT2D eigenvalue weighted by molar-refractivity contribution is 5.88. The van der Waals surface area contributed by atoms with Crippen LogP contribution in [0.25, 0.3) is 10.9 Å². The summed E-state index contributed by atoms with van der Waals surface area (Å²) >= 11 is 0. The number of likely N-dealkylation sites (tertiary alicyclic amines) is 1. The highest BCUT2D eigenvalue weighted by Gasteiger charge is 2.37. The first-order chi connectivity index (χ1) is 15.4. The van der Waals surface area contributed by atoms with Crippen LogP contribution in [0.15, 0.2) is 18.2 Å². The van der Waals surface area contributed by atoms with Crippen molar-refractivity contribution in [2.24, 2.45) is 5.92 Å². The number of amides is 1. The van der Waals surface area contributed by atoms with Crippen LogP contribution in [0.4, 0.5) is 0 Å². The Labute approximate surface area is 191 Å². The first kappa shape index (κ1) is 21.7. The third-order valence-electron chi connectivity index (χ3n) is 7.17. The summed E-state index contributed by atoms with van der Waals surface area (Å²) in [4.78, 5) is 20.0. The molecule has 0 spiro atoms. The van der Waals surface area contributed by atoms with Gasteiger partial charge >= 0.3 is 0 Å². The van der Waals surface area contributed by atoms with Crippen LogP contribution >= 0.6 is 0 Å². The molecule has 3 fully saturated rings. The monoisotopic (exact) mass is 439 g/mol. The number of rotatable bonds is 7. The second-order valence-corrected chi connectivity index (χ2v) is 10.5. The summed E-state index contributed by atoms with van der Waals surface area (Å²) < 4.78 is 8.51. The highest BCUT2D eigenvalue weighted by Crippen LogP contribution is 2.35. The van der Waals surface area contributed by atoms with Crippen molar-refractivity contribution >= 4 is 16.8 Å². The summed E-state index contributed by atoms with van der Waals surface area (Å²) in [6.07, 6.45) is 5.13. The Kier molecular flexibility index (Phi) is 5.88. The fraction of sp³-hybridized carbons (Fsp3) is 0.680. The molecule has 2 aromatic rings. The van der Waals surface area contributed by atoms with E-state index in [1.165, 1.54) is 44.3 Å². The topological polar surface area (TPSA) is 53.8 Å². The zero-order valence-electron chi connectivity index (χ0n) is 19.8. The number of carbonyl (C=O) groups is 1. The lowest BCUT2D eigenvalue weighted by molar-refractivity contribution is -0.147. The van der Waals surface area contributed by atoms with Gasteiger partial charge in [-0.05, 0) is 83.3 Å². The van der Waals surface area contributed by atoms with Crippen molar-refractivity contribution in [3.8, 4) is 5.88 Å². The van der Waals surface area contributed by atoms with Crippen molar-refractivity contribution < 1.29 is 9.53 Å².